The van der Waals surface area contributed by atoms with E-state index in [0.717, 1.165) is 42.2 Å². The normalized spacial score (nSPS) is 18.8. The van der Waals surface area contributed by atoms with Crippen molar-refractivity contribution in [2.75, 3.05) is 37.7 Å². The van der Waals surface area contributed by atoms with Gasteiger partial charge >= 0.3 is 0 Å². The van der Waals surface area contributed by atoms with Crippen LogP contribution >= 0.6 is 23.2 Å². The summed E-state index contributed by atoms with van der Waals surface area (Å²) in [7, 11) is 0. The Labute approximate surface area is 181 Å². The molecule has 2 aromatic rings. The van der Waals surface area contributed by atoms with Gasteiger partial charge in [0, 0.05) is 29.9 Å². The third kappa shape index (κ3) is 4.77. The monoisotopic (exact) mass is 430 g/mol. The largest absolute Gasteiger partial charge is 0.492 e. The van der Waals surface area contributed by atoms with Crippen LogP contribution < -0.4 is 9.64 Å². The summed E-state index contributed by atoms with van der Waals surface area (Å²) < 4.78 is 6.04. The number of para-hydroxylation sites is 1. The highest BCUT2D eigenvalue weighted by Gasteiger charge is 2.27. The van der Waals surface area contributed by atoms with Gasteiger partial charge in [-0.1, -0.05) is 41.4 Å². The van der Waals surface area contributed by atoms with Crippen molar-refractivity contribution in [3.8, 4) is 5.75 Å². The van der Waals surface area contributed by atoms with E-state index in [1.807, 2.05) is 36.4 Å². The average Bonchev–Trinajstić information content (AvgIpc) is 3.36. The SMILES string of the molecule is O=C1C(=Cc2ccccc2OCCN2CCCC2)CCN1c1ccc(Cl)c(Cl)c1. The molecule has 0 atom stereocenters. The Bertz CT molecular complexity index is 923. The van der Waals surface area contributed by atoms with Crippen molar-refractivity contribution in [2.45, 2.75) is 19.3 Å². The van der Waals surface area contributed by atoms with E-state index in [9.17, 15) is 4.79 Å². The number of rotatable bonds is 6. The molecule has 0 aliphatic carbocycles. The number of hydrogen-bond donors (Lipinski definition) is 0. The molecule has 29 heavy (non-hydrogen) atoms. The number of amides is 1. The van der Waals surface area contributed by atoms with Crippen LogP contribution in [-0.4, -0.2) is 43.6 Å². The lowest BCUT2D eigenvalue weighted by molar-refractivity contribution is -0.114. The minimum atomic E-state index is -0.00439. The second kappa shape index (κ2) is 9.21. The molecule has 0 bridgehead atoms. The molecule has 4 rings (SSSR count). The standard InChI is InChI=1S/C23H24Cl2N2O2/c24-20-8-7-19(16-21(20)25)27-12-9-18(23(27)28)15-17-5-1-2-6-22(17)29-14-13-26-10-3-4-11-26/h1-2,5-8,15-16H,3-4,9-14H2. The van der Waals surface area contributed by atoms with Gasteiger partial charge in [-0.25, -0.2) is 0 Å². The quantitative estimate of drug-likeness (QED) is 0.583. The molecule has 0 spiro atoms. The minimum absolute atomic E-state index is 0.00439. The average molecular weight is 431 g/mol. The Morgan fingerprint density at radius 3 is 2.59 bits per heavy atom. The molecule has 0 aromatic heterocycles. The Kier molecular flexibility index (Phi) is 6.43. The summed E-state index contributed by atoms with van der Waals surface area (Å²) >= 11 is 12.1. The zero-order valence-corrected chi connectivity index (χ0v) is 17.8. The van der Waals surface area contributed by atoms with Crippen molar-refractivity contribution < 1.29 is 9.53 Å². The molecule has 0 saturated carbocycles. The molecule has 0 unspecified atom stereocenters. The lowest BCUT2D eigenvalue weighted by Gasteiger charge is -2.16. The summed E-state index contributed by atoms with van der Waals surface area (Å²) in [4.78, 5) is 17.1. The van der Waals surface area contributed by atoms with E-state index in [1.54, 1.807) is 17.0 Å². The lowest BCUT2D eigenvalue weighted by atomic mass is 10.1. The van der Waals surface area contributed by atoms with E-state index >= 15 is 0 Å². The van der Waals surface area contributed by atoms with Crippen LogP contribution in [0.1, 0.15) is 24.8 Å². The number of carbonyl (C=O) groups is 1. The van der Waals surface area contributed by atoms with E-state index < -0.39 is 0 Å². The van der Waals surface area contributed by atoms with Crippen LogP contribution in [0.2, 0.25) is 10.0 Å². The first-order valence-electron chi connectivity index (χ1n) is 10.0. The second-order valence-corrected chi connectivity index (χ2v) is 8.22. The highest BCUT2D eigenvalue weighted by atomic mass is 35.5. The van der Waals surface area contributed by atoms with Crippen LogP contribution in [0.4, 0.5) is 5.69 Å². The van der Waals surface area contributed by atoms with Gasteiger partial charge in [0.2, 0.25) is 0 Å². The number of benzene rings is 2. The summed E-state index contributed by atoms with van der Waals surface area (Å²) in [6.07, 6.45) is 5.19. The van der Waals surface area contributed by atoms with Gasteiger partial charge in [0.15, 0.2) is 0 Å². The molecule has 4 nitrogen and oxygen atoms in total. The first kappa shape index (κ1) is 20.3. The summed E-state index contributed by atoms with van der Waals surface area (Å²) in [5.41, 5.74) is 2.47. The van der Waals surface area contributed by atoms with Gasteiger partial charge in [0.1, 0.15) is 12.4 Å². The van der Waals surface area contributed by atoms with Crippen molar-refractivity contribution in [1.82, 2.24) is 4.90 Å². The fourth-order valence-electron chi connectivity index (χ4n) is 3.86. The summed E-state index contributed by atoms with van der Waals surface area (Å²) in [5, 5.41) is 0.934. The third-order valence-electron chi connectivity index (χ3n) is 5.45. The molecule has 0 N–H and O–H groups in total. The van der Waals surface area contributed by atoms with Gasteiger partial charge in [-0.15, -0.1) is 0 Å². The van der Waals surface area contributed by atoms with Gasteiger partial charge in [0.05, 0.1) is 10.0 Å². The molecule has 2 fully saturated rings. The fraction of sp³-hybridized carbons (Fsp3) is 0.348. The summed E-state index contributed by atoms with van der Waals surface area (Å²) in [6, 6.07) is 13.2. The maximum absolute atomic E-state index is 12.9. The third-order valence-corrected chi connectivity index (χ3v) is 6.19. The van der Waals surface area contributed by atoms with Crippen LogP contribution in [0, 0.1) is 0 Å². The number of carbonyl (C=O) groups excluding carboxylic acids is 1. The van der Waals surface area contributed by atoms with Crippen LogP contribution in [0.15, 0.2) is 48.0 Å². The predicted molar refractivity (Wildman–Crippen MR) is 119 cm³/mol. The molecule has 1 amide bonds. The molecule has 2 aliphatic heterocycles. The molecule has 6 heteroatoms. The van der Waals surface area contributed by atoms with E-state index in [4.69, 9.17) is 27.9 Å². The molecule has 2 heterocycles. The van der Waals surface area contributed by atoms with Crippen molar-refractivity contribution in [1.29, 1.82) is 0 Å². The van der Waals surface area contributed by atoms with E-state index in [-0.39, 0.29) is 5.91 Å². The van der Waals surface area contributed by atoms with Gasteiger partial charge < -0.3 is 9.64 Å². The number of anilines is 1. The maximum atomic E-state index is 12.9. The number of ether oxygens (including phenoxy) is 1. The molecule has 2 aliphatic rings. The Balaban J connectivity index is 1.46. The van der Waals surface area contributed by atoms with Gasteiger partial charge in [-0.3, -0.25) is 9.69 Å². The van der Waals surface area contributed by atoms with Crippen LogP contribution in [0.25, 0.3) is 6.08 Å². The summed E-state index contributed by atoms with van der Waals surface area (Å²) in [6.45, 7) is 4.54. The highest BCUT2D eigenvalue weighted by Crippen LogP contribution is 2.32. The smallest absolute Gasteiger partial charge is 0.254 e. The maximum Gasteiger partial charge on any atom is 0.254 e. The minimum Gasteiger partial charge on any atom is -0.492 e. The van der Waals surface area contributed by atoms with Crippen molar-refractivity contribution in [3.63, 3.8) is 0 Å². The Morgan fingerprint density at radius 2 is 1.79 bits per heavy atom. The Morgan fingerprint density at radius 1 is 1.00 bits per heavy atom. The molecular formula is C23H24Cl2N2O2. The van der Waals surface area contributed by atoms with Gasteiger partial charge in [0.25, 0.3) is 5.91 Å². The topological polar surface area (TPSA) is 32.8 Å². The molecule has 152 valence electrons. The zero-order chi connectivity index (χ0) is 20.2. The van der Waals surface area contributed by atoms with E-state index in [1.165, 1.54) is 12.8 Å². The van der Waals surface area contributed by atoms with Crippen molar-refractivity contribution in [3.05, 3.63) is 63.6 Å². The Hall–Kier alpha value is -2.01. The summed E-state index contributed by atoms with van der Waals surface area (Å²) in [5.74, 6) is 0.815. The lowest BCUT2D eigenvalue weighted by Crippen LogP contribution is -2.25. The van der Waals surface area contributed by atoms with Crippen LogP contribution in [0.5, 0.6) is 5.75 Å². The van der Waals surface area contributed by atoms with E-state index in [2.05, 4.69) is 4.90 Å². The van der Waals surface area contributed by atoms with Crippen molar-refractivity contribution >= 4 is 40.9 Å². The number of hydrogen-bond acceptors (Lipinski definition) is 3. The fourth-order valence-corrected chi connectivity index (χ4v) is 4.15. The predicted octanol–water partition coefficient (Wildman–Crippen LogP) is 5.29. The zero-order valence-electron chi connectivity index (χ0n) is 16.2. The first-order valence-corrected chi connectivity index (χ1v) is 10.8. The van der Waals surface area contributed by atoms with E-state index in [0.29, 0.717) is 29.6 Å². The molecular weight excluding hydrogens is 407 g/mol. The number of halogens is 2. The van der Waals surface area contributed by atoms with Gasteiger partial charge in [-0.05, 0) is 62.7 Å². The second-order valence-electron chi connectivity index (χ2n) is 7.41. The molecule has 0 radical (unpaired) electrons. The highest BCUT2D eigenvalue weighted by molar-refractivity contribution is 6.42. The van der Waals surface area contributed by atoms with Crippen LogP contribution in [-0.2, 0) is 4.79 Å². The molecule has 2 aromatic carbocycles. The first-order chi connectivity index (χ1) is 14.1. The molecule has 2 saturated heterocycles. The number of likely N-dealkylation sites (tertiary alicyclic amines) is 1. The number of nitrogens with zero attached hydrogens (tertiary/aromatic N) is 2. The van der Waals surface area contributed by atoms with Crippen molar-refractivity contribution in [2.24, 2.45) is 0 Å². The van der Waals surface area contributed by atoms with Gasteiger partial charge in [-0.2, -0.15) is 0 Å². The van der Waals surface area contributed by atoms with Crippen LogP contribution in [0.3, 0.4) is 0 Å².